The van der Waals surface area contributed by atoms with E-state index in [0.717, 1.165) is 0 Å². The van der Waals surface area contributed by atoms with Gasteiger partial charge in [0, 0.05) is 16.9 Å². The molecule has 1 aliphatic rings. The van der Waals surface area contributed by atoms with E-state index in [1.165, 1.54) is 18.4 Å². The lowest BCUT2D eigenvalue weighted by Gasteiger charge is -2.11. The van der Waals surface area contributed by atoms with Crippen LogP contribution >= 0.6 is 22.9 Å². The number of carbonyl (C=O) groups excluding carboxylic acids is 1. The first-order valence-electron chi connectivity index (χ1n) is 9.15. The zero-order chi connectivity index (χ0) is 22.5. The van der Waals surface area contributed by atoms with Crippen LogP contribution in [0.25, 0.3) is 0 Å². The van der Waals surface area contributed by atoms with Crippen molar-refractivity contribution in [3.8, 4) is 11.5 Å². The molecule has 2 heterocycles. The number of halogens is 1. The quantitative estimate of drug-likeness (QED) is 0.271. The number of anilines is 2. The maximum absolute atomic E-state index is 12.5. The number of hydrogen-bond donors (Lipinski definition) is 3. The Morgan fingerprint density at radius 3 is 2.47 bits per heavy atom. The Morgan fingerprint density at radius 1 is 1.06 bits per heavy atom. The Balaban J connectivity index is 1.41. The lowest BCUT2D eigenvalue weighted by Crippen LogP contribution is -2.30. The number of hydrogen-bond acceptors (Lipinski definition) is 6. The summed E-state index contributed by atoms with van der Waals surface area (Å²) in [7, 11) is -0.247. The lowest BCUT2D eigenvalue weighted by atomic mass is 10.2. The standard InChI is InChI=1S/C20H17ClN4O5S2/c1-28-24-20(25-32(27)18-9-8-17(21)31-18)23-14-5-3-13(4-6-14)22-19(26)12-2-7-15-16(10-12)30-11-29-15/h2-10H,11H2,1H3,(H,22,26)(H2,23,24,25). The van der Waals surface area contributed by atoms with Crippen LogP contribution in [-0.2, 0) is 15.8 Å². The molecular formula is C20H17ClN4O5S2. The van der Waals surface area contributed by atoms with Crippen molar-refractivity contribution in [3.05, 3.63) is 64.5 Å². The highest BCUT2D eigenvalue weighted by molar-refractivity contribution is 7.86. The van der Waals surface area contributed by atoms with E-state index >= 15 is 0 Å². The molecule has 0 saturated heterocycles. The summed E-state index contributed by atoms with van der Waals surface area (Å²) in [5, 5.41) is 5.79. The predicted octanol–water partition coefficient (Wildman–Crippen LogP) is 4.02. The SMILES string of the molecule is CON/C(=N/S(=O)c1ccc(Cl)s1)Nc1ccc(NC(=O)c2ccc3c(c2)OCO3)cc1. The molecule has 1 aliphatic heterocycles. The maximum Gasteiger partial charge on any atom is 0.255 e. The summed E-state index contributed by atoms with van der Waals surface area (Å²) in [6, 6.07) is 15.2. The predicted molar refractivity (Wildman–Crippen MR) is 124 cm³/mol. The molecule has 12 heteroatoms. The molecule has 0 bridgehead atoms. The summed E-state index contributed by atoms with van der Waals surface area (Å²) in [6.45, 7) is 0.146. The van der Waals surface area contributed by atoms with Gasteiger partial charge in [-0.15, -0.1) is 15.7 Å². The van der Waals surface area contributed by atoms with Crippen LogP contribution in [0.1, 0.15) is 10.4 Å². The summed E-state index contributed by atoms with van der Waals surface area (Å²) in [5.74, 6) is 1.02. The average molecular weight is 493 g/mol. The van der Waals surface area contributed by atoms with Gasteiger partial charge in [0.15, 0.2) is 22.5 Å². The number of benzene rings is 2. The lowest BCUT2D eigenvalue weighted by molar-refractivity contribution is 0.102. The molecule has 32 heavy (non-hydrogen) atoms. The average Bonchev–Trinajstić information content (AvgIpc) is 3.43. The molecule has 1 unspecified atom stereocenters. The van der Waals surface area contributed by atoms with Gasteiger partial charge < -0.3 is 20.1 Å². The van der Waals surface area contributed by atoms with Gasteiger partial charge in [0.2, 0.25) is 12.8 Å². The second-order valence-electron chi connectivity index (χ2n) is 6.28. The molecule has 2 aromatic carbocycles. The number of hydroxylamine groups is 1. The first kappa shape index (κ1) is 22.1. The fourth-order valence-corrected chi connectivity index (χ4v) is 4.80. The number of ether oxygens (including phenoxy) is 2. The Morgan fingerprint density at radius 2 is 1.78 bits per heavy atom. The third-order valence-electron chi connectivity index (χ3n) is 4.13. The monoisotopic (exact) mass is 492 g/mol. The first-order chi connectivity index (χ1) is 15.5. The molecule has 0 saturated carbocycles. The first-order valence-corrected chi connectivity index (χ1v) is 11.4. The van der Waals surface area contributed by atoms with Crippen molar-refractivity contribution in [2.24, 2.45) is 4.40 Å². The Labute approximate surface area is 194 Å². The van der Waals surface area contributed by atoms with Crippen LogP contribution in [0, 0.1) is 0 Å². The van der Waals surface area contributed by atoms with Crippen molar-refractivity contribution in [2.45, 2.75) is 4.21 Å². The van der Waals surface area contributed by atoms with E-state index in [4.69, 9.17) is 25.9 Å². The van der Waals surface area contributed by atoms with Crippen LogP contribution in [0.5, 0.6) is 11.5 Å². The zero-order valence-corrected chi connectivity index (χ0v) is 19.0. The summed E-state index contributed by atoms with van der Waals surface area (Å²) in [5.41, 5.74) is 4.23. The van der Waals surface area contributed by atoms with Gasteiger partial charge >= 0.3 is 0 Å². The van der Waals surface area contributed by atoms with Gasteiger partial charge in [-0.2, -0.15) is 0 Å². The van der Waals surface area contributed by atoms with E-state index < -0.39 is 11.0 Å². The number of nitrogens with zero attached hydrogens (tertiary/aromatic N) is 1. The Bertz CT molecular complexity index is 1180. The van der Waals surface area contributed by atoms with E-state index in [0.29, 0.717) is 37.0 Å². The van der Waals surface area contributed by atoms with Crippen LogP contribution in [-0.4, -0.2) is 30.0 Å². The molecule has 0 fully saturated rings. The Hall–Kier alpha value is -3.12. The largest absolute Gasteiger partial charge is 0.454 e. The number of nitrogens with one attached hydrogen (secondary N) is 3. The van der Waals surface area contributed by atoms with Crippen molar-refractivity contribution in [1.29, 1.82) is 0 Å². The fraction of sp³-hybridized carbons (Fsp3) is 0.100. The van der Waals surface area contributed by atoms with Gasteiger partial charge in [0.25, 0.3) is 5.91 Å². The van der Waals surface area contributed by atoms with Crippen LogP contribution in [0.4, 0.5) is 11.4 Å². The maximum atomic E-state index is 12.5. The second kappa shape index (κ2) is 10.0. The number of carbonyl (C=O) groups is 1. The minimum Gasteiger partial charge on any atom is -0.454 e. The third kappa shape index (κ3) is 5.37. The minimum atomic E-state index is -1.66. The van der Waals surface area contributed by atoms with Crippen LogP contribution in [0.3, 0.4) is 0 Å². The van der Waals surface area contributed by atoms with Gasteiger partial charge in [0.1, 0.15) is 4.21 Å². The van der Waals surface area contributed by atoms with Crippen molar-refractivity contribution in [3.63, 3.8) is 0 Å². The molecule has 1 amide bonds. The molecule has 1 aromatic heterocycles. The summed E-state index contributed by atoms with van der Waals surface area (Å²) in [4.78, 5) is 17.4. The van der Waals surface area contributed by atoms with E-state index in [9.17, 15) is 9.00 Å². The molecule has 9 nitrogen and oxygen atoms in total. The van der Waals surface area contributed by atoms with Gasteiger partial charge in [-0.1, -0.05) is 11.6 Å². The van der Waals surface area contributed by atoms with Gasteiger partial charge in [-0.25, -0.2) is 9.69 Å². The van der Waals surface area contributed by atoms with Gasteiger partial charge in [-0.3, -0.25) is 9.63 Å². The summed E-state index contributed by atoms with van der Waals surface area (Å²) in [6.07, 6.45) is 0. The number of rotatable bonds is 6. The van der Waals surface area contributed by atoms with Crippen LogP contribution in [0.2, 0.25) is 4.34 Å². The molecule has 0 aliphatic carbocycles. The fourth-order valence-electron chi connectivity index (χ4n) is 2.70. The number of amides is 1. The second-order valence-corrected chi connectivity index (χ2v) is 9.37. The summed E-state index contributed by atoms with van der Waals surface area (Å²) >= 11 is 7.07. The summed E-state index contributed by atoms with van der Waals surface area (Å²) < 4.78 is 28.1. The molecule has 0 radical (unpaired) electrons. The van der Waals surface area contributed by atoms with E-state index in [-0.39, 0.29) is 18.7 Å². The topological polar surface area (TPSA) is 110 Å². The van der Waals surface area contributed by atoms with Crippen LogP contribution in [0.15, 0.2) is 63.2 Å². The molecule has 1 atom stereocenters. The zero-order valence-electron chi connectivity index (χ0n) is 16.6. The Kier molecular flexibility index (Phi) is 6.90. The smallest absolute Gasteiger partial charge is 0.255 e. The van der Waals surface area contributed by atoms with Gasteiger partial charge in [0.05, 0.1) is 11.4 Å². The van der Waals surface area contributed by atoms with Crippen molar-refractivity contribution in [2.75, 3.05) is 24.5 Å². The molecular weight excluding hydrogens is 476 g/mol. The highest BCUT2D eigenvalue weighted by atomic mass is 35.5. The minimum absolute atomic E-state index is 0.146. The number of guanidine groups is 1. The molecule has 4 rings (SSSR count). The van der Waals surface area contributed by atoms with Crippen molar-refractivity contribution < 1.29 is 23.3 Å². The van der Waals surface area contributed by atoms with Crippen molar-refractivity contribution in [1.82, 2.24) is 5.48 Å². The normalized spacial score (nSPS) is 13.5. The number of thiophene rings is 1. The van der Waals surface area contributed by atoms with E-state index in [1.54, 1.807) is 54.6 Å². The van der Waals surface area contributed by atoms with Crippen LogP contribution < -0.4 is 25.6 Å². The molecule has 3 aromatic rings. The van der Waals surface area contributed by atoms with Crippen molar-refractivity contribution >= 4 is 57.2 Å². The van der Waals surface area contributed by atoms with E-state index in [1.807, 2.05) is 0 Å². The number of fused-ring (bicyclic) bond motifs is 1. The highest BCUT2D eigenvalue weighted by Gasteiger charge is 2.16. The highest BCUT2D eigenvalue weighted by Crippen LogP contribution is 2.32. The molecule has 3 N–H and O–H groups in total. The molecule has 0 spiro atoms. The molecule has 166 valence electrons. The van der Waals surface area contributed by atoms with Gasteiger partial charge in [-0.05, 0) is 54.6 Å². The third-order valence-corrected chi connectivity index (χ3v) is 6.67. The van der Waals surface area contributed by atoms with E-state index in [2.05, 4.69) is 20.5 Å².